The first-order chi connectivity index (χ1) is 13.2. The van der Waals surface area contributed by atoms with Crippen molar-refractivity contribution in [2.24, 2.45) is 0 Å². The van der Waals surface area contributed by atoms with Crippen molar-refractivity contribution in [2.75, 3.05) is 25.1 Å². The molecular formula is C24H25N2O+. The molecule has 3 nitrogen and oxygen atoms in total. The summed E-state index contributed by atoms with van der Waals surface area (Å²) >= 11 is 0. The second kappa shape index (κ2) is 7.37. The maximum atomic E-state index is 9.17. The van der Waals surface area contributed by atoms with Crippen molar-refractivity contribution in [3.8, 4) is 11.1 Å². The van der Waals surface area contributed by atoms with Crippen LogP contribution in [0.5, 0.6) is 0 Å². The number of hydrogen-bond donors (Lipinski definition) is 1. The van der Waals surface area contributed by atoms with E-state index in [-0.39, 0.29) is 6.61 Å². The molecule has 0 bridgehead atoms. The fraction of sp³-hybridized carbons (Fsp3) is 0.208. The summed E-state index contributed by atoms with van der Waals surface area (Å²) in [5.74, 6) is 0. The van der Waals surface area contributed by atoms with Crippen molar-refractivity contribution in [1.82, 2.24) is 0 Å². The van der Waals surface area contributed by atoms with Gasteiger partial charge in [-0.1, -0.05) is 36.4 Å². The van der Waals surface area contributed by atoms with Gasteiger partial charge in [-0.15, -0.1) is 0 Å². The Hall–Kier alpha value is -2.91. The summed E-state index contributed by atoms with van der Waals surface area (Å²) < 4.78 is 2.39. The van der Waals surface area contributed by atoms with Gasteiger partial charge in [0, 0.05) is 37.0 Å². The fourth-order valence-electron chi connectivity index (χ4n) is 3.93. The van der Waals surface area contributed by atoms with Crippen LogP contribution in [0, 0.1) is 0 Å². The topological polar surface area (TPSA) is 27.4 Å². The molecule has 136 valence electrons. The van der Waals surface area contributed by atoms with Crippen LogP contribution in [0.1, 0.15) is 6.92 Å². The zero-order valence-corrected chi connectivity index (χ0v) is 15.9. The lowest BCUT2D eigenvalue weighted by molar-refractivity contribution is -0.641. The van der Waals surface area contributed by atoms with Crippen LogP contribution in [0.25, 0.3) is 32.9 Å². The molecular weight excluding hydrogens is 332 g/mol. The van der Waals surface area contributed by atoms with Crippen molar-refractivity contribution in [1.29, 1.82) is 0 Å². The van der Waals surface area contributed by atoms with Gasteiger partial charge in [-0.05, 0) is 36.8 Å². The van der Waals surface area contributed by atoms with Crippen molar-refractivity contribution in [2.45, 2.75) is 13.5 Å². The molecule has 0 amide bonds. The SMILES string of the molecule is CC[n+]1c2ccccc2c(-c2ccc(N(C)CCO)cc2)c2ccccc21. The predicted octanol–water partition coefficient (Wildman–Crippen LogP) is 4.40. The van der Waals surface area contributed by atoms with Crippen molar-refractivity contribution < 1.29 is 9.67 Å². The van der Waals surface area contributed by atoms with Crippen LogP contribution in [-0.4, -0.2) is 25.3 Å². The van der Waals surface area contributed by atoms with Gasteiger partial charge in [0.1, 0.15) is 6.54 Å². The molecule has 1 heterocycles. The number of nitrogens with zero attached hydrogens (tertiary/aromatic N) is 2. The molecule has 3 aromatic carbocycles. The lowest BCUT2D eigenvalue weighted by atomic mass is 9.95. The van der Waals surface area contributed by atoms with Gasteiger partial charge < -0.3 is 10.0 Å². The average molecular weight is 357 g/mol. The van der Waals surface area contributed by atoms with Crippen LogP contribution in [0.3, 0.4) is 0 Å². The smallest absolute Gasteiger partial charge is 0.213 e. The molecule has 0 unspecified atom stereocenters. The zero-order chi connectivity index (χ0) is 18.8. The Bertz CT molecular complexity index is 1030. The maximum Gasteiger partial charge on any atom is 0.213 e. The van der Waals surface area contributed by atoms with E-state index >= 15 is 0 Å². The lowest BCUT2D eigenvalue weighted by Crippen LogP contribution is -2.34. The number of fused-ring (bicyclic) bond motifs is 2. The molecule has 27 heavy (non-hydrogen) atoms. The van der Waals surface area contributed by atoms with Gasteiger partial charge in [0.2, 0.25) is 11.0 Å². The van der Waals surface area contributed by atoms with E-state index in [0.29, 0.717) is 6.54 Å². The summed E-state index contributed by atoms with van der Waals surface area (Å²) in [6.07, 6.45) is 0. The minimum absolute atomic E-state index is 0.156. The molecule has 3 heteroatoms. The third-order valence-electron chi connectivity index (χ3n) is 5.28. The Balaban J connectivity index is 1.98. The van der Waals surface area contributed by atoms with E-state index in [1.165, 1.54) is 32.9 Å². The first-order valence-electron chi connectivity index (χ1n) is 9.50. The van der Waals surface area contributed by atoms with Crippen molar-refractivity contribution >= 4 is 27.5 Å². The number of aliphatic hydroxyl groups is 1. The molecule has 1 N–H and O–H groups in total. The third kappa shape index (κ3) is 3.04. The Kier molecular flexibility index (Phi) is 4.78. The molecule has 4 rings (SSSR count). The second-order valence-electron chi connectivity index (χ2n) is 6.85. The summed E-state index contributed by atoms with van der Waals surface area (Å²) in [6, 6.07) is 25.9. The van der Waals surface area contributed by atoms with Crippen LogP contribution in [0.4, 0.5) is 5.69 Å². The fourth-order valence-corrected chi connectivity index (χ4v) is 3.93. The summed E-state index contributed by atoms with van der Waals surface area (Å²) in [7, 11) is 2.00. The van der Waals surface area contributed by atoms with Gasteiger partial charge in [-0.25, -0.2) is 0 Å². The van der Waals surface area contributed by atoms with Crippen molar-refractivity contribution in [3.05, 3.63) is 72.8 Å². The number of likely N-dealkylation sites (N-methyl/N-ethyl adjacent to an activating group) is 1. The largest absolute Gasteiger partial charge is 0.395 e. The van der Waals surface area contributed by atoms with Crippen LogP contribution >= 0.6 is 0 Å². The van der Waals surface area contributed by atoms with E-state index in [0.717, 1.165) is 12.2 Å². The minimum Gasteiger partial charge on any atom is -0.395 e. The highest BCUT2D eigenvalue weighted by molar-refractivity contribution is 6.07. The molecule has 4 aromatic rings. The summed E-state index contributed by atoms with van der Waals surface area (Å²) in [5.41, 5.74) is 6.13. The molecule has 0 atom stereocenters. The standard InChI is InChI=1S/C24H25N2O/c1-3-26-22-10-6-4-8-20(22)24(21-9-5-7-11-23(21)26)18-12-14-19(15-13-18)25(2)16-17-27/h4-15,27H,3,16-17H2,1-2H3/q+1. The number of aliphatic hydroxyl groups excluding tert-OH is 1. The first kappa shape index (κ1) is 17.5. The van der Waals surface area contributed by atoms with Crippen molar-refractivity contribution in [3.63, 3.8) is 0 Å². The normalized spacial score (nSPS) is 11.2. The van der Waals surface area contributed by atoms with E-state index in [2.05, 4.69) is 89.2 Å². The Morgan fingerprint density at radius 1 is 0.815 bits per heavy atom. The number of aryl methyl sites for hydroxylation is 1. The van der Waals surface area contributed by atoms with Crippen LogP contribution < -0.4 is 9.47 Å². The molecule has 0 aliphatic heterocycles. The molecule has 0 aliphatic rings. The van der Waals surface area contributed by atoms with E-state index < -0.39 is 0 Å². The molecule has 0 aliphatic carbocycles. The number of benzene rings is 3. The number of para-hydroxylation sites is 2. The Labute approximate surface area is 160 Å². The average Bonchev–Trinajstić information content (AvgIpc) is 2.72. The second-order valence-corrected chi connectivity index (χ2v) is 6.85. The number of pyridine rings is 1. The molecule has 0 radical (unpaired) electrons. The minimum atomic E-state index is 0.156. The highest BCUT2D eigenvalue weighted by Gasteiger charge is 2.19. The van der Waals surface area contributed by atoms with Crippen LogP contribution in [-0.2, 0) is 6.54 Å². The van der Waals surface area contributed by atoms with Gasteiger partial charge in [0.15, 0.2) is 0 Å². The van der Waals surface area contributed by atoms with E-state index in [9.17, 15) is 5.11 Å². The third-order valence-corrected chi connectivity index (χ3v) is 5.28. The van der Waals surface area contributed by atoms with Gasteiger partial charge >= 0.3 is 0 Å². The molecule has 1 aromatic heterocycles. The molecule has 0 spiro atoms. The Morgan fingerprint density at radius 3 is 1.89 bits per heavy atom. The van der Waals surface area contributed by atoms with E-state index in [1.807, 2.05) is 7.05 Å². The number of rotatable bonds is 5. The number of anilines is 1. The lowest BCUT2D eigenvalue weighted by Gasteiger charge is -2.18. The van der Waals surface area contributed by atoms with Gasteiger partial charge in [-0.3, -0.25) is 0 Å². The van der Waals surface area contributed by atoms with E-state index in [4.69, 9.17) is 0 Å². The summed E-state index contributed by atoms with van der Waals surface area (Å²) in [6.45, 7) is 3.92. The van der Waals surface area contributed by atoms with Gasteiger partial charge in [0.25, 0.3) is 0 Å². The van der Waals surface area contributed by atoms with Gasteiger partial charge in [-0.2, -0.15) is 4.57 Å². The Morgan fingerprint density at radius 2 is 1.37 bits per heavy atom. The monoisotopic (exact) mass is 357 g/mol. The van der Waals surface area contributed by atoms with Crippen LogP contribution in [0.2, 0.25) is 0 Å². The molecule has 0 saturated heterocycles. The molecule has 0 saturated carbocycles. The number of aromatic nitrogens is 1. The predicted molar refractivity (Wildman–Crippen MR) is 113 cm³/mol. The highest BCUT2D eigenvalue weighted by atomic mass is 16.3. The maximum absolute atomic E-state index is 9.17. The van der Waals surface area contributed by atoms with Gasteiger partial charge in [0.05, 0.1) is 17.4 Å². The summed E-state index contributed by atoms with van der Waals surface area (Å²) in [4.78, 5) is 2.07. The number of hydrogen-bond acceptors (Lipinski definition) is 2. The quantitative estimate of drug-likeness (QED) is 0.423. The first-order valence-corrected chi connectivity index (χ1v) is 9.50. The van der Waals surface area contributed by atoms with Crippen LogP contribution in [0.15, 0.2) is 72.8 Å². The van der Waals surface area contributed by atoms with E-state index in [1.54, 1.807) is 0 Å². The molecule has 0 fully saturated rings. The zero-order valence-electron chi connectivity index (χ0n) is 15.9. The highest BCUT2D eigenvalue weighted by Crippen LogP contribution is 2.34. The summed E-state index contributed by atoms with van der Waals surface area (Å²) in [5, 5.41) is 11.7.